The monoisotopic (exact) mass is 148 g/mol. The Balaban J connectivity index is -0.000000189. The van der Waals surface area contributed by atoms with Gasteiger partial charge in [-0.15, -0.1) is 0 Å². The van der Waals surface area contributed by atoms with Crippen LogP contribution in [-0.4, -0.2) is 25.2 Å². The average Bonchev–Trinajstić information content (AvgIpc) is 1.91. The molecule has 0 aromatic carbocycles. The summed E-state index contributed by atoms with van der Waals surface area (Å²) in [6, 6.07) is 1.30. The molecule has 2 nitrogen and oxygen atoms in total. The van der Waals surface area contributed by atoms with E-state index in [0.717, 1.165) is 13.1 Å². The first-order chi connectivity index (χ1) is 4.79. The third-order valence-corrected chi connectivity index (χ3v) is 1.47. The Bertz CT molecular complexity index is 73.5. The molecule has 2 N–H and O–H groups in total. The van der Waals surface area contributed by atoms with Crippen LogP contribution in [0.4, 0.5) is 0 Å². The van der Waals surface area contributed by atoms with Crippen molar-refractivity contribution in [2.45, 2.75) is 39.8 Å². The van der Waals surface area contributed by atoms with Crippen molar-refractivity contribution >= 4 is 0 Å². The predicted molar refractivity (Wildman–Crippen MR) is 50.5 cm³/mol. The van der Waals surface area contributed by atoms with Gasteiger partial charge >= 0.3 is 0 Å². The fourth-order valence-corrected chi connectivity index (χ4v) is 1.12. The highest BCUT2D eigenvalue weighted by Gasteiger charge is 2.11. The summed E-state index contributed by atoms with van der Waals surface area (Å²) in [5, 5.41) is 6.74. The van der Waals surface area contributed by atoms with Crippen molar-refractivity contribution in [2.75, 3.05) is 13.1 Å². The lowest BCUT2D eigenvalue weighted by Gasteiger charge is -2.26. The Morgan fingerprint density at radius 1 is 1.10 bits per heavy atom. The van der Waals surface area contributed by atoms with E-state index < -0.39 is 0 Å². The molecule has 1 saturated heterocycles. The molecule has 0 spiro atoms. The normalized spacial score (nSPS) is 32.4. The molecule has 1 rings (SSSR count). The Hall–Kier alpha value is -0.0800. The maximum Gasteiger partial charge on any atom is 0.0167 e. The maximum absolute atomic E-state index is 3.42. The van der Waals surface area contributed by atoms with Crippen molar-refractivity contribution in [1.82, 2.24) is 10.6 Å². The summed E-state index contributed by atoms with van der Waals surface area (Å²) in [5.41, 5.74) is 0. The summed E-state index contributed by atoms with van der Waals surface area (Å²) in [7, 11) is 0. The molecule has 0 aromatic rings. The van der Waals surface area contributed by atoms with Gasteiger partial charge in [-0.2, -0.15) is 0 Å². The SMILES string of the molecule is CC.CC1CNCC(C)N1.[HH].[HH]. The fraction of sp³-hybridized carbons (Fsp3) is 1.00. The molecule has 10 heavy (non-hydrogen) atoms. The van der Waals surface area contributed by atoms with Gasteiger partial charge in [0.1, 0.15) is 0 Å². The van der Waals surface area contributed by atoms with Crippen LogP contribution in [0.5, 0.6) is 0 Å². The second-order valence-electron chi connectivity index (χ2n) is 2.63. The molecule has 0 aromatic heterocycles. The van der Waals surface area contributed by atoms with Gasteiger partial charge < -0.3 is 10.6 Å². The Morgan fingerprint density at radius 3 is 1.70 bits per heavy atom. The highest BCUT2D eigenvalue weighted by Crippen LogP contribution is 1.90. The zero-order chi connectivity index (χ0) is 7.98. The Labute approximate surface area is 67.4 Å². The lowest BCUT2D eigenvalue weighted by atomic mass is 10.2. The quantitative estimate of drug-likeness (QED) is 0.543. The number of hydrogen-bond donors (Lipinski definition) is 2. The summed E-state index contributed by atoms with van der Waals surface area (Å²) in [6.45, 7) is 10.6. The van der Waals surface area contributed by atoms with Crippen LogP contribution in [-0.2, 0) is 0 Å². The van der Waals surface area contributed by atoms with Gasteiger partial charge in [0.25, 0.3) is 0 Å². The summed E-state index contributed by atoms with van der Waals surface area (Å²) >= 11 is 0. The molecular weight excluding hydrogens is 124 g/mol. The molecule has 1 aliphatic rings. The van der Waals surface area contributed by atoms with E-state index in [1.807, 2.05) is 13.8 Å². The lowest BCUT2D eigenvalue weighted by molar-refractivity contribution is 0.370. The minimum atomic E-state index is 0. The van der Waals surface area contributed by atoms with E-state index in [1.54, 1.807) is 0 Å². The van der Waals surface area contributed by atoms with Crippen LogP contribution in [0.25, 0.3) is 0 Å². The summed E-state index contributed by atoms with van der Waals surface area (Å²) in [5.74, 6) is 0. The second kappa shape index (κ2) is 5.69. The van der Waals surface area contributed by atoms with E-state index in [1.165, 1.54) is 0 Å². The number of hydrogen-bond acceptors (Lipinski definition) is 2. The van der Waals surface area contributed by atoms with Gasteiger partial charge in [-0.1, -0.05) is 13.8 Å². The van der Waals surface area contributed by atoms with Crippen molar-refractivity contribution in [3.63, 3.8) is 0 Å². The molecular formula is C8H24N2. The van der Waals surface area contributed by atoms with Gasteiger partial charge in [0.05, 0.1) is 0 Å². The van der Waals surface area contributed by atoms with Crippen LogP contribution in [0.3, 0.4) is 0 Å². The summed E-state index contributed by atoms with van der Waals surface area (Å²) < 4.78 is 0. The first-order valence-electron chi connectivity index (χ1n) is 4.26. The van der Waals surface area contributed by atoms with E-state index in [0.29, 0.717) is 12.1 Å². The van der Waals surface area contributed by atoms with Gasteiger partial charge in [0.15, 0.2) is 0 Å². The molecule has 1 heterocycles. The topological polar surface area (TPSA) is 24.1 Å². The van der Waals surface area contributed by atoms with Crippen molar-refractivity contribution in [1.29, 1.82) is 0 Å². The van der Waals surface area contributed by atoms with E-state index in [4.69, 9.17) is 0 Å². The standard InChI is InChI=1S/C6H14N2.C2H6.2H2/c1-5-3-7-4-6(2)8-5;1-2;;/h5-8H,3-4H2,1-2H3;1-2H3;2*1H. The number of nitrogens with one attached hydrogen (secondary N) is 2. The van der Waals surface area contributed by atoms with Crippen LogP contribution in [0.1, 0.15) is 30.5 Å². The summed E-state index contributed by atoms with van der Waals surface area (Å²) in [6.07, 6.45) is 0. The van der Waals surface area contributed by atoms with Crippen LogP contribution in [0, 0.1) is 0 Å². The molecule has 66 valence electrons. The summed E-state index contributed by atoms with van der Waals surface area (Å²) in [4.78, 5) is 0. The van der Waals surface area contributed by atoms with Crippen LogP contribution < -0.4 is 10.6 Å². The molecule has 2 atom stereocenters. The van der Waals surface area contributed by atoms with E-state index in [2.05, 4.69) is 24.5 Å². The zero-order valence-corrected chi connectivity index (χ0v) is 7.57. The fourth-order valence-electron chi connectivity index (χ4n) is 1.12. The molecule has 1 fully saturated rings. The Kier molecular flexibility index (Phi) is 5.64. The molecule has 0 aliphatic carbocycles. The van der Waals surface area contributed by atoms with Crippen molar-refractivity contribution in [2.24, 2.45) is 0 Å². The van der Waals surface area contributed by atoms with Crippen molar-refractivity contribution < 1.29 is 2.85 Å². The van der Waals surface area contributed by atoms with Crippen LogP contribution in [0.15, 0.2) is 0 Å². The van der Waals surface area contributed by atoms with Crippen LogP contribution in [0.2, 0.25) is 0 Å². The first-order valence-corrected chi connectivity index (χ1v) is 4.26. The molecule has 0 radical (unpaired) electrons. The number of piperazine rings is 1. The Morgan fingerprint density at radius 2 is 1.50 bits per heavy atom. The second-order valence-corrected chi connectivity index (χ2v) is 2.63. The van der Waals surface area contributed by atoms with Gasteiger partial charge in [0.2, 0.25) is 0 Å². The third kappa shape index (κ3) is 3.85. The van der Waals surface area contributed by atoms with E-state index in [-0.39, 0.29) is 2.85 Å². The molecule has 2 unspecified atom stereocenters. The molecule has 1 aliphatic heterocycles. The first kappa shape index (κ1) is 9.92. The third-order valence-electron chi connectivity index (χ3n) is 1.47. The molecule has 0 bridgehead atoms. The highest BCUT2D eigenvalue weighted by atomic mass is 15.1. The number of rotatable bonds is 0. The highest BCUT2D eigenvalue weighted by molar-refractivity contribution is 4.76. The van der Waals surface area contributed by atoms with Gasteiger partial charge in [-0.25, -0.2) is 0 Å². The predicted octanol–water partition coefficient (Wildman–Crippen LogP) is 1.47. The van der Waals surface area contributed by atoms with Gasteiger partial charge in [-0.3, -0.25) is 0 Å². The molecule has 2 heteroatoms. The largest absolute Gasteiger partial charge is 0.314 e. The van der Waals surface area contributed by atoms with Gasteiger partial charge in [-0.05, 0) is 13.8 Å². The average molecular weight is 148 g/mol. The minimum Gasteiger partial charge on any atom is -0.314 e. The van der Waals surface area contributed by atoms with Gasteiger partial charge in [0, 0.05) is 28.0 Å². The van der Waals surface area contributed by atoms with Crippen LogP contribution >= 0.6 is 0 Å². The maximum atomic E-state index is 3.42. The van der Waals surface area contributed by atoms with E-state index in [9.17, 15) is 0 Å². The smallest absolute Gasteiger partial charge is 0.0167 e. The molecule has 0 saturated carbocycles. The zero-order valence-electron chi connectivity index (χ0n) is 7.57. The van der Waals surface area contributed by atoms with Crippen molar-refractivity contribution in [3.05, 3.63) is 0 Å². The van der Waals surface area contributed by atoms with E-state index >= 15 is 0 Å². The lowest BCUT2D eigenvalue weighted by Crippen LogP contribution is -2.52. The molecule has 0 amide bonds. The minimum absolute atomic E-state index is 0. The van der Waals surface area contributed by atoms with Crippen molar-refractivity contribution in [3.8, 4) is 0 Å².